The van der Waals surface area contributed by atoms with E-state index in [1.807, 2.05) is 6.92 Å². The predicted octanol–water partition coefficient (Wildman–Crippen LogP) is 1.31. The summed E-state index contributed by atoms with van der Waals surface area (Å²) < 4.78 is 5.52. The van der Waals surface area contributed by atoms with Crippen LogP contribution in [0.1, 0.15) is 19.8 Å². The first-order chi connectivity index (χ1) is 5.29. The van der Waals surface area contributed by atoms with Gasteiger partial charge in [-0.1, -0.05) is 6.08 Å². The second-order valence-electron chi connectivity index (χ2n) is 3.07. The highest BCUT2D eigenvalue weighted by Gasteiger charge is 2.34. The van der Waals surface area contributed by atoms with E-state index in [-0.39, 0.29) is 12.1 Å². The molecule has 2 atom stereocenters. The van der Waals surface area contributed by atoms with Crippen molar-refractivity contribution in [3.63, 3.8) is 0 Å². The van der Waals surface area contributed by atoms with Crippen LogP contribution in [0.15, 0.2) is 12.7 Å². The van der Waals surface area contributed by atoms with Crippen LogP contribution in [0.2, 0.25) is 0 Å². The Balaban J connectivity index is 2.36. The monoisotopic (exact) mass is 155 g/mol. The van der Waals surface area contributed by atoms with Gasteiger partial charge in [-0.3, -0.25) is 0 Å². The highest BCUT2D eigenvalue weighted by atomic mass is 16.5. The van der Waals surface area contributed by atoms with Gasteiger partial charge in [0.2, 0.25) is 0 Å². The SMILES string of the molecule is C=CC(N)C(OCC)C1CC1. The van der Waals surface area contributed by atoms with E-state index < -0.39 is 0 Å². The van der Waals surface area contributed by atoms with E-state index in [0.717, 1.165) is 6.61 Å². The Hall–Kier alpha value is -0.340. The maximum atomic E-state index is 5.80. The minimum absolute atomic E-state index is 0.0162. The molecule has 0 bridgehead atoms. The Morgan fingerprint density at radius 3 is 2.73 bits per heavy atom. The van der Waals surface area contributed by atoms with Crippen molar-refractivity contribution in [2.75, 3.05) is 6.61 Å². The van der Waals surface area contributed by atoms with Crippen LogP contribution in [-0.4, -0.2) is 18.8 Å². The largest absolute Gasteiger partial charge is 0.376 e. The molecule has 0 aromatic heterocycles. The summed E-state index contributed by atoms with van der Waals surface area (Å²) in [6.07, 6.45) is 4.54. The Labute approximate surface area is 68.4 Å². The van der Waals surface area contributed by atoms with Crippen molar-refractivity contribution in [3.8, 4) is 0 Å². The summed E-state index contributed by atoms with van der Waals surface area (Å²) in [4.78, 5) is 0. The van der Waals surface area contributed by atoms with Gasteiger partial charge < -0.3 is 10.5 Å². The van der Waals surface area contributed by atoms with Gasteiger partial charge >= 0.3 is 0 Å². The molecule has 2 N–H and O–H groups in total. The van der Waals surface area contributed by atoms with Crippen LogP contribution in [0.4, 0.5) is 0 Å². The maximum absolute atomic E-state index is 5.80. The van der Waals surface area contributed by atoms with E-state index in [2.05, 4.69) is 6.58 Å². The number of hydrogen-bond acceptors (Lipinski definition) is 2. The summed E-state index contributed by atoms with van der Waals surface area (Å²) >= 11 is 0. The van der Waals surface area contributed by atoms with Gasteiger partial charge in [0.05, 0.1) is 6.10 Å². The Morgan fingerprint density at radius 2 is 2.36 bits per heavy atom. The fourth-order valence-corrected chi connectivity index (χ4v) is 1.31. The minimum Gasteiger partial charge on any atom is -0.376 e. The molecule has 0 aromatic carbocycles. The average molecular weight is 155 g/mol. The minimum atomic E-state index is 0.0162. The summed E-state index contributed by atoms with van der Waals surface area (Å²) in [7, 11) is 0. The number of rotatable bonds is 5. The molecule has 1 aliphatic carbocycles. The van der Waals surface area contributed by atoms with E-state index in [9.17, 15) is 0 Å². The second kappa shape index (κ2) is 3.88. The summed E-state index contributed by atoms with van der Waals surface area (Å²) in [6, 6.07) is 0.0162. The Morgan fingerprint density at radius 1 is 1.73 bits per heavy atom. The van der Waals surface area contributed by atoms with E-state index >= 15 is 0 Å². The van der Waals surface area contributed by atoms with E-state index in [0.29, 0.717) is 5.92 Å². The third kappa shape index (κ3) is 2.31. The summed E-state index contributed by atoms with van der Waals surface area (Å²) in [5, 5.41) is 0. The molecular formula is C9H17NO. The molecule has 1 rings (SSSR count). The number of nitrogens with two attached hydrogens (primary N) is 1. The first kappa shape index (κ1) is 8.75. The third-order valence-electron chi connectivity index (χ3n) is 2.10. The maximum Gasteiger partial charge on any atom is 0.0789 e. The van der Waals surface area contributed by atoms with Gasteiger partial charge in [-0.25, -0.2) is 0 Å². The van der Waals surface area contributed by atoms with Crippen molar-refractivity contribution in [3.05, 3.63) is 12.7 Å². The molecule has 64 valence electrons. The summed E-state index contributed by atoms with van der Waals surface area (Å²) in [5.74, 6) is 0.697. The van der Waals surface area contributed by atoms with Crippen molar-refractivity contribution >= 4 is 0 Å². The molecule has 2 unspecified atom stereocenters. The van der Waals surface area contributed by atoms with Crippen molar-refractivity contribution in [1.82, 2.24) is 0 Å². The first-order valence-electron chi connectivity index (χ1n) is 4.29. The molecule has 1 fully saturated rings. The van der Waals surface area contributed by atoms with E-state index in [4.69, 9.17) is 10.5 Å². The molecule has 0 heterocycles. The van der Waals surface area contributed by atoms with Gasteiger partial charge in [-0.2, -0.15) is 0 Å². The standard InChI is InChI=1S/C9H17NO/c1-3-8(10)9(11-4-2)7-5-6-7/h3,7-9H,1,4-6,10H2,2H3. The lowest BCUT2D eigenvalue weighted by atomic mass is 10.1. The van der Waals surface area contributed by atoms with Crippen molar-refractivity contribution in [1.29, 1.82) is 0 Å². The second-order valence-corrected chi connectivity index (χ2v) is 3.07. The van der Waals surface area contributed by atoms with Crippen LogP contribution in [0.5, 0.6) is 0 Å². The summed E-state index contributed by atoms with van der Waals surface area (Å²) in [5.41, 5.74) is 5.80. The van der Waals surface area contributed by atoms with Crippen LogP contribution in [0, 0.1) is 5.92 Å². The molecule has 0 spiro atoms. The van der Waals surface area contributed by atoms with Gasteiger partial charge in [0.1, 0.15) is 0 Å². The lowest BCUT2D eigenvalue weighted by molar-refractivity contribution is 0.0388. The van der Waals surface area contributed by atoms with Gasteiger partial charge in [0, 0.05) is 12.6 Å². The molecule has 11 heavy (non-hydrogen) atoms. The first-order valence-corrected chi connectivity index (χ1v) is 4.29. The topological polar surface area (TPSA) is 35.2 Å². The van der Waals surface area contributed by atoms with Crippen LogP contribution < -0.4 is 5.73 Å². The normalized spacial score (nSPS) is 22.7. The van der Waals surface area contributed by atoms with Crippen molar-refractivity contribution in [2.45, 2.75) is 31.9 Å². The lowest BCUT2D eigenvalue weighted by Crippen LogP contribution is -2.36. The molecule has 1 saturated carbocycles. The van der Waals surface area contributed by atoms with Crippen LogP contribution >= 0.6 is 0 Å². The lowest BCUT2D eigenvalue weighted by Gasteiger charge is -2.20. The van der Waals surface area contributed by atoms with Crippen molar-refractivity contribution < 1.29 is 4.74 Å². The molecule has 2 heteroatoms. The highest BCUT2D eigenvalue weighted by Crippen LogP contribution is 2.35. The Bertz CT molecular complexity index is 132. The zero-order valence-electron chi connectivity index (χ0n) is 7.12. The quantitative estimate of drug-likeness (QED) is 0.608. The molecule has 0 amide bonds. The van der Waals surface area contributed by atoms with Gasteiger partial charge in [-0.05, 0) is 25.7 Å². The molecule has 0 aromatic rings. The smallest absolute Gasteiger partial charge is 0.0789 e. The molecular weight excluding hydrogens is 138 g/mol. The predicted molar refractivity (Wildman–Crippen MR) is 46.3 cm³/mol. The zero-order valence-corrected chi connectivity index (χ0v) is 7.12. The third-order valence-corrected chi connectivity index (χ3v) is 2.10. The molecule has 0 radical (unpaired) electrons. The van der Waals surface area contributed by atoms with E-state index in [1.165, 1.54) is 12.8 Å². The zero-order chi connectivity index (χ0) is 8.27. The van der Waals surface area contributed by atoms with Crippen LogP contribution in [0.3, 0.4) is 0 Å². The average Bonchev–Trinajstić information content (AvgIpc) is 2.81. The molecule has 1 aliphatic rings. The van der Waals surface area contributed by atoms with Gasteiger partial charge in [-0.15, -0.1) is 6.58 Å². The fraction of sp³-hybridized carbons (Fsp3) is 0.778. The Kier molecular flexibility index (Phi) is 3.09. The number of hydrogen-bond donors (Lipinski definition) is 1. The van der Waals surface area contributed by atoms with Crippen molar-refractivity contribution in [2.24, 2.45) is 11.7 Å². The molecule has 0 saturated heterocycles. The van der Waals surface area contributed by atoms with Gasteiger partial charge in [0.15, 0.2) is 0 Å². The highest BCUT2D eigenvalue weighted by molar-refractivity contribution is 4.96. The summed E-state index contributed by atoms with van der Waals surface area (Å²) in [6.45, 7) is 6.43. The van der Waals surface area contributed by atoms with Gasteiger partial charge in [0.25, 0.3) is 0 Å². The fourth-order valence-electron chi connectivity index (χ4n) is 1.31. The van der Waals surface area contributed by atoms with Crippen LogP contribution in [0.25, 0.3) is 0 Å². The van der Waals surface area contributed by atoms with E-state index in [1.54, 1.807) is 6.08 Å². The number of ether oxygens (including phenoxy) is 1. The van der Waals surface area contributed by atoms with Crippen LogP contribution in [-0.2, 0) is 4.74 Å². The molecule has 0 aliphatic heterocycles. The molecule has 2 nitrogen and oxygen atoms in total.